The first kappa shape index (κ1) is 11.7. The summed E-state index contributed by atoms with van der Waals surface area (Å²) < 4.78 is 0.971. The lowest BCUT2D eigenvalue weighted by atomic mass is 10.1. The Bertz CT molecular complexity index is 549. The highest BCUT2D eigenvalue weighted by Gasteiger charge is 2.00. The van der Waals surface area contributed by atoms with E-state index in [-0.39, 0.29) is 5.78 Å². The van der Waals surface area contributed by atoms with Crippen LogP contribution in [0.15, 0.2) is 59.3 Å². The van der Waals surface area contributed by atoms with Crippen molar-refractivity contribution < 1.29 is 4.79 Å². The van der Waals surface area contributed by atoms with Crippen molar-refractivity contribution in [2.24, 2.45) is 0 Å². The molecule has 1 aromatic heterocycles. The molecule has 0 atom stereocenters. The second-order valence-corrected chi connectivity index (χ2v) is 4.31. The summed E-state index contributed by atoms with van der Waals surface area (Å²) in [5.74, 6) is -0.0249. The van der Waals surface area contributed by atoms with Gasteiger partial charge in [-0.25, -0.2) is 0 Å². The number of hydrogen-bond donors (Lipinski definition) is 0. The molecular weight excluding hydrogens is 278 g/mol. The van der Waals surface area contributed by atoms with Crippen LogP contribution in [0.5, 0.6) is 0 Å². The highest BCUT2D eigenvalue weighted by Crippen LogP contribution is 2.17. The third kappa shape index (κ3) is 3.11. The van der Waals surface area contributed by atoms with E-state index in [0.717, 1.165) is 10.0 Å². The summed E-state index contributed by atoms with van der Waals surface area (Å²) in [7, 11) is 0. The highest BCUT2D eigenvalue weighted by molar-refractivity contribution is 9.10. The monoisotopic (exact) mass is 287 g/mol. The summed E-state index contributed by atoms with van der Waals surface area (Å²) in [6.07, 6.45) is 6.58. The van der Waals surface area contributed by atoms with Crippen molar-refractivity contribution in [3.63, 3.8) is 0 Å². The molecule has 0 N–H and O–H groups in total. The maximum Gasteiger partial charge on any atom is 0.185 e. The van der Waals surface area contributed by atoms with E-state index in [1.54, 1.807) is 36.7 Å². The Hall–Kier alpha value is -1.74. The molecule has 0 amide bonds. The Morgan fingerprint density at radius 3 is 2.53 bits per heavy atom. The normalized spacial score (nSPS) is 10.6. The summed E-state index contributed by atoms with van der Waals surface area (Å²) in [5, 5.41) is 0. The summed E-state index contributed by atoms with van der Waals surface area (Å²) in [6.45, 7) is 0. The van der Waals surface area contributed by atoms with Crippen LogP contribution in [0.2, 0.25) is 0 Å². The number of allylic oxidation sites excluding steroid dienone is 1. The van der Waals surface area contributed by atoms with Crippen molar-refractivity contribution in [3.8, 4) is 0 Å². The second kappa shape index (κ2) is 5.55. The predicted octanol–water partition coefficient (Wildman–Crippen LogP) is 3.74. The van der Waals surface area contributed by atoms with Gasteiger partial charge in [-0.05, 0) is 35.9 Å². The Morgan fingerprint density at radius 1 is 1.12 bits per heavy atom. The molecule has 0 unspecified atom stereocenters. The maximum atomic E-state index is 11.8. The first-order chi connectivity index (χ1) is 8.27. The van der Waals surface area contributed by atoms with Gasteiger partial charge in [0.2, 0.25) is 0 Å². The van der Waals surface area contributed by atoms with Crippen LogP contribution < -0.4 is 0 Å². The molecule has 0 aliphatic carbocycles. The van der Waals surface area contributed by atoms with Crippen LogP contribution in [0.4, 0.5) is 0 Å². The number of pyridine rings is 1. The molecule has 0 aliphatic rings. The fraction of sp³-hybridized carbons (Fsp3) is 0. The molecule has 0 saturated carbocycles. The number of benzene rings is 1. The van der Waals surface area contributed by atoms with Gasteiger partial charge >= 0.3 is 0 Å². The van der Waals surface area contributed by atoms with Gasteiger partial charge in [0.15, 0.2) is 5.78 Å². The molecule has 84 valence electrons. The van der Waals surface area contributed by atoms with Crippen LogP contribution >= 0.6 is 15.9 Å². The number of nitrogens with zero attached hydrogens (tertiary/aromatic N) is 1. The van der Waals surface area contributed by atoms with Crippen molar-refractivity contribution in [1.29, 1.82) is 0 Å². The van der Waals surface area contributed by atoms with Crippen molar-refractivity contribution >= 4 is 27.8 Å². The van der Waals surface area contributed by atoms with Gasteiger partial charge in [0.1, 0.15) is 0 Å². The molecule has 0 saturated heterocycles. The van der Waals surface area contributed by atoms with E-state index >= 15 is 0 Å². The van der Waals surface area contributed by atoms with Gasteiger partial charge in [-0.3, -0.25) is 9.78 Å². The molecule has 0 bridgehead atoms. The lowest BCUT2D eigenvalue weighted by molar-refractivity contribution is 0.104. The standard InChI is InChI=1S/C14H10BrNO/c15-13-4-2-1-3-11(13)5-6-14(17)12-7-9-16-10-8-12/h1-10H/b6-5+. The van der Waals surface area contributed by atoms with Crippen molar-refractivity contribution in [3.05, 3.63) is 70.5 Å². The number of carbonyl (C=O) groups is 1. The minimum absolute atomic E-state index is 0.0249. The molecule has 0 spiro atoms. The lowest BCUT2D eigenvalue weighted by Gasteiger charge is -1.97. The minimum atomic E-state index is -0.0249. The summed E-state index contributed by atoms with van der Waals surface area (Å²) in [5.41, 5.74) is 1.62. The first-order valence-corrected chi connectivity index (χ1v) is 5.93. The number of halogens is 1. The average Bonchev–Trinajstić information content (AvgIpc) is 2.38. The molecule has 1 aromatic carbocycles. The Morgan fingerprint density at radius 2 is 1.82 bits per heavy atom. The minimum Gasteiger partial charge on any atom is -0.289 e. The van der Waals surface area contributed by atoms with Crippen molar-refractivity contribution in [2.75, 3.05) is 0 Å². The third-order valence-corrected chi connectivity index (χ3v) is 3.01. The Balaban J connectivity index is 2.17. The van der Waals surface area contributed by atoms with Gasteiger partial charge in [0.25, 0.3) is 0 Å². The molecule has 1 heterocycles. The molecule has 0 radical (unpaired) electrons. The van der Waals surface area contributed by atoms with Gasteiger partial charge < -0.3 is 0 Å². The first-order valence-electron chi connectivity index (χ1n) is 5.14. The zero-order chi connectivity index (χ0) is 12.1. The fourth-order valence-corrected chi connectivity index (χ4v) is 1.81. The van der Waals surface area contributed by atoms with E-state index in [9.17, 15) is 4.79 Å². The molecular formula is C14H10BrNO. The quantitative estimate of drug-likeness (QED) is 0.636. The third-order valence-electron chi connectivity index (χ3n) is 2.28. The van der Waals surface area contributed by atoms with Crippen LogP contribution in [-0.2, 0) is 0 Å². The van der Waals surface area contributed by atoms with Gasteiger partial charge in [-0.15, -0.1) is 0 Å². The molecule has 2 nitrogen and oxygen atoms in total. The zero-order valence-electron chi connectivity index (χ0n) is 9.01. The van der Waals surface area contributed by atoms with Crippen molar-refractivity contribution in [1.82, 2.24) is 4.98 Å². The van der Waals surface area contributed by atoms with Crippen LogP contribution in [-0.4, -0.2) is 10.8 Å². The molecule has 2 aromatic rings. The molecule has 2 rings (SSSR count). The van der Waals surface area contributed by atoms with Gasteiger partial charge in [0.05, 0.1) is 0 Å². The summed E-state index contributed by atoms with van der Waals surface area (Å²) in [6, 6.07) is 11.2. The van der Waals surface area contributed by atoms with E-state index in [4.69, 9.17) is 0 Å². The Kier molecular flexibility index (Phi) is 3.83. The maximum absolute atomic E-state index is 11.8. The number of rotatable bonds is 3. The van der Waals surface area contributed by atoms with Gasteiger partial charge in [-0.1, -0.05) is 34.1 Å². The second-order valence-electron chi connectivity index (χ2n) is 3.45. The van der Waals surface area contributed by atoms with E-state index in [1.165, 1.54) is 0 Å². The molecule has 0 aliphatic heterocycles. The molecule has 0 fully saturated rings. The van der Waals surface area contributed by atoms with Crippen molar-refractivity contribution in [2.45, 2.75) is 0 Å². The van der Waals surface area contributed by atoms with E-state index in [2.05, 4.69) is 20.9 Å². The van der Waals surface area contributed by atoms with Crippen LogP contribution in [0.1, 0.15) is 15.9 Å². The van der Waals surface area contributed by atoms with E-state index in [0.29, 0.717) is 5.56 Å². The highest BCUT2D eigenvalue weighted by atomic mass is 79.9. The number of carbonyl (C=O) groups excluding carboxylic acids is 1. The largest absolute Gasteiger partial charge is 0.289 e. The lowest BCUT2D eigenvalue weighted by Crippen LogP contribution is -1.93. The number of hydrogen-bond acceptors (Lipinski definition) is 2. The predicted molar refractivity (Wildman–Crippen MR) is 71.7 cm³/mol. The zero-order valence-corrected chi connectivity index (χ0v) is 10.6. The topological polar surface area (TPSA) is 30.0 Å². The average molecular weight is 288 g/mol. The van der Waals surface area contributed by atoms with E-state index in [1.807, 2.05) is 24.3 Å². The fourth-order valence-electron chi connectivity index (χ4n) is 1.39. The SMILES string of the molecule is O=C(/C=C/c1ccccc1Br)c1ccncc1. The summed E-state index contributed by atoms with van der Waals surface area (Å²) >= 11 is 3.43. The molecule has 3 heteroatoms. The van der Waals surface area contributed by atoms with E-state index < -0.39 is 0 Å². The van der Waals surface area contributed by atoms with Crippen LogP contribution in [0, 0.1) is 0 Å². The van der Waals surface area contributed by atoms with Crippen LogP contribution in [0.3, 0.4) is 0 Å². The summed E-state index contributed by atoms with van der Waals surface area (Å²) in [4.78, 5) is 15.7. The Labute approximate surface area is 108 Å². The number of ketones is 1. The number of aromatic nitrogens is 1. The smallest absolute Gasteiger partial charge is 0.185 e. The van der Waals surface area contributed by atoms with Crippen LogP contribution in [0.25, 0.3) is 6.08 Å². The van der Waals surface area contributed by atoms with Gasteiger partial charge in [0, 0.05) is 22.4 Å². The van der Waals surface area contributed by atoms with Gasteiger partial charge in [-0.2, -0.15) is 0 Å². The molecule has 17 heavy (non-hydrogen) atoms.